The molecule has 0 radical (unpaired) electrons. The highest BCUT2D eigenvalue weighted by Crippen LogP contribution is 2.17. The first-order valence-corrected chi connectivity index (χ1v) is 35.2. The van der Waals surface area contributed by atoms with Crippen LogP contribution in [-0.4, -0.2) is 37.2 Å². The standard InChI is InChI=1S/C76H132O6/c1-4-7-10-13-16-19-22-25-28-31-34-35-36-37-38-39-40-41-43-45-48-51-54-57-60-63-66-69-75(78)81-72-73(71-80-74(77)68-65-62-59-56-53-50-47-44-33-30-27-24-21-18-15-12-9-6-3)82-76(79)70-67-64-61-58-55-52-49-46-42-32-29-26-23-20-17-14-11-8-5-2/h7,10,16-17,19-20,25-26,28-30,33-35,37-38,73H,4-6,8-9,11-15,18,21-24,27,31-32,36,39-72H2,1-3H3/b10-7-,19-16-,20-17-,28-25-,29-26-,33-30-,35-34-,38-37-. The van der Waals surface area contributed by atoms with Gasteiger partial charge in [0.15, 0.2) is 6.10 Å². The summed E-state index contributed by atoms with van der Waals surface area (Å²) < 4.78 is 17.0. The van der Waals surface area contributed by atoms with E-state index in [-0.39, 0.29) is 31.1 Å². The van der Waals surface area contributed by atoms with Crippen LogP contribution < -0.4 is 0 Å². The van der Waals surface area contributed by atoms with Crippen molar-refractivity contribution < 1.29 is 28.6 Å². The van der Waals surface area contributed by atoms with Crippen LogP contribution in [0.1, 0.15) is 348 Å². The Morgan fingerprint density at radius 3 is 0.780 bits per heavy atom. The second kappa shape index (κ2) is 69.8. The van der Waals surface area contributed by atoms with Crippen molar-refractivity contribution in [3.05, 3.63) is 97.2 Å². The van der Waals surface area contributed by atoms with E-state index in [9.17, 15) is 14.4 Å². The van der Waals surface area contributed by atoms with E-state index >= 15 is 0 Å². The van der Waals surface area contributed by atoms with E-state index in [1.165, 1.54) is 212 Å². The van der Waals surface area contributed by atoms with Gasteiger partial charge in [-0.1, -0.05) is 304 Å². The molecule has 0 heterocycles. The highest BCUT2D eigenvalue weighted by molar-refractivity contribution is 5.71. The van der Waals surface area contributed by atoms with Crippen LogP contribution in [-0.2, 0) is 28.6 Å². The molecule has 1 unspecified atom stereocenters. The smallest absolute Gasteiger partial charge is 0.306 e. The van der Waals surface area contributed by atoms with Crippen LogP contribution in [0.3, 0.4) is 0 Å². The van der Waals surface area contributed by atoms with Crippen molar-refractivity contribution in [2.45, 2.75) is 354 Å². The molecule has 0 saturated carbocycles. The Morgan fingerprint density at radius 2 is 0.476 bits per heavy atom. The lowest BCUT2D eigenvalue weighted by molar-refractivity contribution is -0.167. The van der Waals surface area contributed by atoms with Gasteiger partial charge in [0.1, 0.15) is 13.2 Å². The molecule has 0 saturated heterocycles. The lowest BCUT2D eigenvalue weighted by Gasteiger charge is -2.18. The molecule has 0 spiro atoms. The molecule has 0 amide bonds. The van der Waals surface area contributed by atoms with Gasteiger partial charge in [-0.3, -0.25) is 14.4 Å². The first-order chi connectivity index (χ1) is 40.5. The van der Waals surface area contributed by atoms with E-state index in [1.54, 1.807) is 0 Å². The molecule has 0 aliphatic rings. The summed E-state index contributed by atoms with van der Waals surface area (Å²) in [6.45, 7) is 6.54. The molecular formula is C76H132O6. The summed E-state index contributed by atoms with van der Waals surface area (Å²) in [6.07, 6.45) is 94.2. The van der Waals surface area contributed by atoms with Gasteiger partial charge >= 0.3 is 17.9 Å². The predicted molar refractivity (Wildman–Crippen MR) is 357 cm³/mol. The number of hydrogen-bond donors (Lipinski definition) is 0. The minimum absolute atomic E-state index is 0.0801. The summed E-state index contributed by atoms with van der Waals surface area (Å²) in [5.41, 5.74) is 0. The number of esters is 3. The molecule has 6 heteroatoms. The maximum atomic E-state index is 13.0. The van der Waals surface area contributed by atoms with Gasteiger partial charge in [0.25, 0.3) is 0 Å². The van der Waals surface area contributed by atoms with Crippen molar-refractivity contribution in [2.24, 2.45) is 0 Å². The fourth-order valence-electron chi connectivity index (χ4n) is 10.0. The third-order valence-corrected chi connectivity index (χ3v) is 15.3. The maximum absolute atomic E-state index is 13.0. The van der Waals surface area contributed by atoms with Crippen LogP contribution >= 0.6 is 0 Å². The van der Waals surface area contributed by atoms with Crippen LogP contribution in [0, 0.1) is 0 Å². The molecule has 0 aliphatic carbocycles. The largest absolute Gasteiger partial charge is 0.462 e. The van der Waals surface area contributed by atoms with Gasteiger partial charge in [-0.2, -0.15) is 0 Å². The Morgan fingerprint density at radius 1 is 0.256 bits per heavy atom. The molecule has 0 fully saturated rings. The van der Waals surface area contributed by atoms with Crippen LogP contribution in [0.25, 0.3) is 0 Å². The molecule has 82 heavy (non-hydrogen) atoms. The van der Waals surface area contributed by atoms with Crippen molar-refractivity contribution in [3.8, 4) is 0 Å². The molecule has 0 N–H and O–H groups in total. The van der Waals surface area contributed by atoms with E-state index in [1.807, 2.05) is 0 Å². The second-order valence-corrected chi connectivity index (χ2v) is 23.4. The third-order valence-electron chi connectivity index (χ3n) is 15.3. The van der Waals surface area contributed by atoms with Gasteiger partial charge in [0.05, 0.1) is 0 Å². The Hall–Kier alpha value is -3.67. The van der Waals surface area contributed by atoms with Crippen LogP contribution in [0.5, 0.6) is 0 Å². The highest BCUT2D eigenvalue weighted by Gasteiger charge is 2.19. The fourth-order valence-corrected chi connectivity index (χ4v) is 10.0. The van der Waals surface area contributed by atoms with Crippen LogP contribution in [0.15, 0.2) is 97.2 Å². The van der Waals surface area contributed by atoms with Gasteiger partial charge in [0.2, 0.25) is 0 Å². The lowest BCUT2D eigenvalue weighted by atomic mass is 10.0. The van der Waals surface area contributed by atoms with Crippen molar-refractivity contribution in [3.63, 3.8) is 0 Å². The zero-order valence-electron chi connectivity index (χ0n) is 54.2. The first kappa shape index (κ1) is 78.3. The Labute approximate surface area is 508 Å². The topological polar surface area (TPSA) is 78.9 Å². The fraction of sp³-hybridized carbons (Fsp3) is 0.750. The van der Waals surface area contributed by atoms with Crippen molar-refractivity contribution in [2.75, 3.05) is 13.2 Å². The average molecular weight is 1140 g/mol. The van der Waals surface area contributed by atoms with Crippen molar-refractivity contribution in [1.29, 1.82) is 0 Å². The van der Waals surface area contributed by atoms with E-state index in [0.29, 0.717) is 19.3 Å². The summed E-state index contributed by atoms with van der Waals surface area (Å²) in [7, 11) is 0. The molecule has 0 bridgehead atoms. The average Bonchev–Trinajstić information content (AvgIpc) is 3.47. The molecule has 6 nitrogen and oxygen atoms in total. The molecule has 0 rings (SSSR count). The normalized spacial score (nSPS) is 12.7. The first-order valence-electron chi connectivity index (χ1n) is 35.2. The summed E-state index contributed by atoms with van der Waals surface area (Å²) in [4.78, 5) is 38.5. The third kappa shape index (κ3) is 67.1. The Balaban J connectivity index is 4.35. The lowest BCUT2D eigenvalue weighted by Crippen LogP contribution is -2.30. The van der Waals surface area contributed by atoms with Crippen molar-refractivity contribution >= 4 is 17.9 Å². The summed E-state index contributed by atoms with van der Waals surface area (Å²) in [5, 5.41) is 0. The van der Waals surface area contributed by atoms with Crippen LogP contribution in [0.2, 0.25) is 0 Å². The monoisotopic (exact) mass is 1140 g/mol. The minimum atomic E-state index is -0.785. The van der Waals surface area contributed by atoms with Crippen LogP contribution in [0.4, 0.5) is 0 Å². The molecule has 0 aromatic carbocycles. The maximum Gasteiger partial charge on any atom is 0.306 e. The number of unbranched alkanes of at least 4 members (excludes halogenated alkanes) is 37. The number of hydrogen-bond acceptors (Lipinski definition) is 6. The molecule has 0 aromatic rings. The summed E-state index contributed by atoms with van der Waals surface area (Å²) in [5.74, 6) is -0.875. The predicted octanol–water partition coefficient (Wildman–Crippen LogP) is 24.4. The number of carbonyl (C=O) groups excluding carboxylic acids is 3. The minimum Gasteiger partial charge on any atom is -0.462 e. The quantitative estimate of drug-likeness (QED) is 0.0261. The summed E-state index contributed by atoms with van der Waals surface area (Å²) >= 11 is 0. The molecule has 1 atom stereocenters. The van der Waals surface area contributed by atoms with Gasteiger partial charge in [0, 0.05) is 19.3 Å². The SMILES string of the molecule is CC/C=C\C/C=C\C/C=C\C/C=C\C/C=C\CCCCCCCCCCCCCC(=O)OCC(COC(=O)CCCCCCCCC/C=C\CCCCCCCCC)OC(=O)CCCCCCCCCCC/C=C\C/C=C\CCCCC. The Kier molecular flexibility index (Phi) is 66.7. The van der Waals surface area contributed by atoms with E-state index in [0.717, 1.165) is 96.3 Å². The zero-order valence-corrected chi connectivity index (χ0v) is 54.2. The van der Waals surface area contributed by atoms with Gasteiger partial charge in [-0.05, 0) is 122 Å². The zero-order chi connectivity index (χ0) is 59.2. The Bertz CT molecular complexity index is 1590. The molecule has 0 aromatic heterocycles. The number of rotatable bonds is 64. The molecule has 472 valence electrons. The van der Waals surface area contributed by atoms with E-state index in [4.69, 9.17) is 14.2 Å². The number of allylic oxidation sites excluding steroid dienone is 16. The summed E-state index contributed by atoms with van der Waals surface area (Å²) in [6, 6.07) is 0. The van der Waals surface area contributed by atoms with E-state index in [2.05, 4.69) is 118 Å². The number of ether oxygens (including phenoxy) is 3. The van der Waals surface area contributed by atoms with E-state index < -0.39 is 6.10 Å². The van der Waals surface area contributed by atoms with Gasteiger partial charge in [-0.25, -0.2) is 0 Å². The second-order valence-electron chi connectivity index (χ2n) is 23.4. The van der Waals surface area contributed by atoms with Gasteiger partial charge in [-0.15, -0.1) is 0 Å². The highest BCUT2D eigenvalue weighted by atomic mass is 16.6. The molecule has 0 aliphatic heterocycles. The van der Waals surface area contributed by atoms with Crippen molar-refractivity contribution in [1.82, 2.24) is 0 Å². The van der Waals surface area contributed by atoms with Gasteiger partial charge < -0.3 is 14.2 Å². The number of carbonyl (C=O) groups is 3. The molecular weight excluding hydrogens is 1010 g/mol.